The highest BCUT2D eigenvalue weighted by atomic mass is 19.1. The molecule has 1 aliphatic heterocycles. The fourth-order valence-corrected chi connectivity index (χ4v) is 3.30. The summed E-state index contributed by atoms with van der Waals surface area (Å²) in [6, 6.07) is 19.9. The third kappa shape index (κ3) is 4.11. The van der Waals surface area contributed by atoms with Gasteiger partial charge in [-0.2, -0.15) is 0 Å². The zero-order valence-corrected chi connectivity index (χ0v) is 15.4. The number of amides is 1. The van der Waals surface area contributed by atoms with Crippen LogP contribution in [0.1, 0.15) is 10.5 Å². The van der Waals surface area contributed by atoms with Gasteiger partial charge in [0, 0.05) is 37.6 Å². The molecule has 28 heavy (non-hydrogen) atoms. The lowest BCUT2D eigenvalue weighted by Crippen LogP contribution is -2.49. The number of benzene rings is 2. The van der Waals surface area contributed by atoms with E-state index in [2.05, 4.69) is 27.3 Å². The molecular weight excluding hydrogens is 355 g/mol. The topological polar surface area (TPSA) is 48.5 Å². The quantitative estimate of drug-likeness (QED) is 0.750. The van der Waals surface area contributed by atoms with Crippen LogP contribution in [0.25, 0.3) is 0 Å². The van der Waals surface area contributed by atoms with Crippen molar-refractivity contribution >= 4 is 23.0 Å². The van der Waals surface area contributed by atoms with Crippen molar-refractivity contribution in [3.63, 3.8) is 0 Å². The molecule has 6 heteroatoms. The molecule has 2 aromatic carbocycles. The van der Waals surface area contributed by atoms with Crippen LogP contribution in [-0.2, 0) is 0 Å². The number of hydrogen-bond acceptors (Lipinski definition) is 4. The lowest BCUT2D eigenvalue weighted by molar-refractivity contribution is 0.0741. The lowest BCUT2D eigenvalue weighted by atomic mass is 10.2. The summed E-state index contributed by atoms with van der Waals surface area (Å²) >= 11 is 0. The number of nitrogens with one attached hydrogen (secondary N) is 1. The Balaban J connectivity index is 1.36. The fraction of sp³-hybridized carbons (Fsp3) is 0.182. The number of anilines is 3. The minimum absolute atomic E-state index is 0.0648. The molecule has 2 heterocycles. The predicted octanol–water partition coefficient (Wildman–Crippen LogP) is 3.93. The first-order valence-corrected chi connectivity index (χ1v) is 9.27. The minimum atomic E-state index is -0.306. The zero-order valence-electron chi connectivity index (χ0n) is 15.4. The summed E-state index contributed by atoms with van der Waals surface area (Å²) in [4.78, 5) is 21.1. The van der Waals surface area contributed by atoms with E-state index in [0.717, 1.165) is 13.1 Å². The van der Waals surface area contributed by atoms with Gasteiger partial charge in [0.25, 0.3) is 5.91 Å². The Morgan fingerprint density at radius 1 is 0.893 bits per heavy atom. The van der Waals surface area contributed by atoms with Gasteiger partial charge in [0.1, 0.15) is 11.5 Å². The summed E-state index contributed by atoms with van der Waals surface area (Å²) in [5.74, 6) is -0.371. The monoisotopic (exact) mass is 376 g/mol. The highest BCUT2D eigenvalue weighted by Crippen LogP contribution is 2.19. The van der Waals surface area contributed by atoms with Gasteiger partial charge in [0.15, 0.2) is 0 Å². The summed E-state index contributed by atoms with van der Waals surface area (Å²) in [5.41, 5.74) is 2.94. The Bertz CT molecular complexity index is 938. The first-order valence-electron chi connectivity index (χ1n) is 9.27. The van der Waals surface area contributed by atoms with Crippen molar-refractivity contribution in [1.82, 2.24) is 9.88 Å². The van der Waals surface area contributed by atoms with E-state index in [1.807, 2.05) is 23.1 Å². The van der Waals surface area contributed by atoms with Crippen molar-refractivity contribution in [2.24, 2.45) is 0 Å². The Kier molecular flexibility index (Phi) is 5.19. The molecule has 1 fully saturated rings. The van der Waals surface area contributed by atoms with Crippen LogP contribution in [0.2, 0.25) is 0 Å². The van der Waals surface area contributed by atoms with E-state index in [0.29, 0.717) is 30.2 Å². The molecule has 0 aliphatic carbocycles. The van der Waals surface area contributed by atoms with Crippen LogP contribution in [0.5, 0.6) is 0 Å². The Hall–Kier alpha value is -3.41. The average Bonchev–Trinajstić information content (AvgIpc) is 2.75. The van der Waals surface area contributed by atoms with Gasteiger partial charge in [-0.05, 0) is 42.5 Å². The third-order valence-electron chi connectivity index (χ3n) is 4.78. The zero-order chi connectivity index (χ0) is 19.3. The smallest absolute Gasteiger partial charge is 0.272 e. The van der Waals surface area contributed by atoms with Gasteiger partial charge in [-0.3, -0.25) is 4.79 Å². The van der Waals surface area contributed by atoms with Gasteiger partial charge in [-0.15, -0.1) is 0 Å². The normalized spacial score (nSPS) is 14.0. The van der Waals surface area contributed by atoms with Crippen LogP contribution in [0.15, 0.2) is 72.9 Å². The number of carbonyl (C=O) groups excluding carboxylic acids is 1. The molecule has 3 aromatic rings. The number of carbonyl (C=O) groups is 1. The Labute approximate surface area is 163 Å². The fourth-order valence-electron chi connectivity index (χ4n) is 3.30. The Morgan fingerprint density at radius 2 is 1.68 bits per heavy atom. The molecule has 142 valence electrons. The van der Waals surface area contributed by atoms with Crippen molar-refractivity contribution in [3.8, 4) is 0 Å². The van der Waals surface area contributed by atoms with E-state index in [1.54, 1.807) is 30.5 Å². The number of hydrogen-bond donors (Lipinski definition) is 1. The molecule has 0 saturated carbocycles. The number of aromatic nitrogens is 1. The summed E-state index contributed by atoms with van der Waals surface area (Å²) in [7, 11) is 0. The van der Waals surface area contributed by atoms with Gasteiger partial charge in [-0.25, -0.2) is 9.37 Å². The van der Waals surface area contributed by atoms with Gasteiger partial charge in [-0.1, -0.05) is 24.3 Å². The molecule has 0 bridgehead atoms. The van der Waals surface area contributed by atoms with Crippen LogP contribution in [0.3, 0.4) is 0 Å². The maximum atomic E-state index is 13.3. The summed E-state index contributed by atoms with van der Waals surface area (Å²) in [5, 5.41) is 3.08. The SMILES string of the molecule is O=C(c1ccc(Nc2cccc(F)c2)cn1)N1CCN(c2ccccc2)CC1. The second-order valence-electron chi connectivity index (χ2n) is 6.68. The van der Waals surface area contributed by atoms with Crippen LogP contribution in [0.4, 0.5) is 21.5 Å². The molecule has 0 radical (unpaired) electrons. The molecule has 1 N–H and O–H groups in total. The van der Waals surface area contributed by atoms with Crippen molar-refractivity contribution in [2.75, 3.05) is 36.4 Å². The molecule has 1 aromatic heterocycles. The summed E-state index contributed by atoms with van der Waals surface area (Å²) in [6.45, 7) is 2.93. The van der Waals surface area contributed by atoms with E-state index in [9.17, 15) is 9.18 Å². The molecule has 0 atom stereocenters. The first-order chi connectivity index (χ1) is 13.7. The molecule has 0 spiro atoms. The standard InChI is InChI=1S/C22H21FN4O/c23-17-5-4-6-18(15-17)25-19-9-10-21(24-16-19)22(28)27-13-11-26(12-14-27)20-7-2-1-3-8-20/h1-10,15-16,25H,11-14H2. The first kappa shape index (κ1) is 18.0. The third-order valence-corrected chi connectivity index (χ3v) is 4.78. The molecule has 5 nitrogen and oxygen atoms in total. The molecule has 1 aliphatic rings. The van der Waals surface area contributed by atoms with Crippen molar-refractivity contribution in [2.45, 2.75) is 0 Å². The van der Waals surface area contributed by atoms with Crippen LogP contribution in [-0.4, -0.2) is 42.0 Å². The largest absolute Gasteiger partial charge is 0.368 e. The number of para-hydroxylation sites is 1. The van der Waals surface area contributed by atoms with E-state index in [4.69, 9.17) is 0 Å². The molecule has 1 saturated heterocycles. The average molecular weight is 376 g/mol. The van der Waals surface area contributed by atoms with Crippen molar-refractivity contribution < 1.29 is 9.18 Å². The lowest BCUT2D eigenvalue weighted by Gasteiger charge is -2.36. The van der Waals surface area contributed by atoms with Gasteiger partial charge < -0.3 is 15.1 Å². The van der Waals surface area contributed by atoms with Crippen LogP contribution >= 0.6 is 0 Å². The van der Waals surface area contributed by atoms with Gasteiger partial charge in [0.05, 0.1) is 11.9 Å². The summed E-state index contributed by atoms with van der Waals surface area (Å²) < 4.78 is 13.3. The number of rotatable bonds is 4. The second-order valence-corrected chi connectivity index (χ2v) is 6.68. The van der Waals surface area contributed by atoms with Gasteiger partial charge >= 0.3 is 0 Å². The van der Waals surface area contributed by atoms with E-state index >= 15 is 0 Å². The molecule has 4 rings (SSSR count). The summed E-state index contributed by atoms with van der Waals surface area (Å²) in [6.07, 6.45) is 1.60. The number of pyridine rings is 1. The second kappa shape index (κ2) is 8.08. The highest BCUT2D eigenvalue weighted by Gasteiger charge is 2.23. The predicted molar refractivity (Wildman–Crippen MR) is 108 cm³/mol. The maximum absolute atomic E-state index is 13.3. The molecule has 1 amide bonds. The maximum Gasteiger partial charge on any atom is 0.272 e. The van der Waals surface area contributed by atoms with Gasteiger partial charge in [0.2, 0.25) is 0 Å². The highest BCUT2D eigenvalue weighted by molar-refractivity contribution is 5.92. The van der Waals surface area contributed by atoms with Crippen LogP contribution in [0, 0.1) is 5.82 Å². The number of halogens is 1. The number of nitrogens with zero attached hydrogens (tertiary/aromatic N) is 3. The van der Waals surface area contributed by atoms with E-state index in [1.165, 1.54) is 17.8 Å². The molecular formula is C22H21FN4O. The van der Waals surface area contributed by atoms with E-state index < -0.39 is 0 Å². The van der Waals surface area contributed by atoms with Crippen molar-refractivity contribution in [3.05, 3.63) is 84.4 Å². The van der Waals surface area contributed by atoms with Crippen LogP contribution < -0.4 is 10.2 Å². The minimum Gasteiger partial charge on any atom is -0.368 e. The van der Waals surface area contributed by atoms with E-state index in [-0.39, 0.29) is 11.7 Å². The number of piperazine rings is 1. The van der Waals surface area contributed by atoms with Crippen molar-refractivity contribution in [1.29, 1.82) is 0 Å². The Morgan fingerprint density at radius 3 is 2.36 bits per heavy atom. The molecule has 0 unspecified atom stereocenters.